The molecule has 0 saturated carbocycles. The number of rotatable bonds is 4. The summed E-state index contributed by atoms with van der Waals surface area (Å²) in [7, 11) is -3.49. The summed E-state index contributed by atoms with van der Waals surface area (Å²) in [4.78, 5) is 0.300. The number of benzene rings is 1. The average Bonchev–Trinajstić information content (AvgIpc) is 2.97. The van der Waals surface area contributed by atoms with Crippen molar-refractivity contribution >= 4 is 21.8 Å². The lowest BCUT2D eigenvalue weighted by Crippen LogP contribution is -2.30. The van der Waals surface area contributed by atoms with Crippen LogP contribution in [-0.2, 0) is 10.0 Å². The van der Waals surface area contributed by atoms with Gasteiger partial charge in [0.2, 0.25) is 10.0 Å². The second-order valence-electron chi connectivity index (χ2n) is 4.97. The van der Waals surface area contributed by atoms with E-state index in [0.717, 1.165) is 17.7 Å². The zero-order valence-electron chi connectivity index (χ0n) is 12.1. The fourth-order valence-corrected chi connectivity index (χ4v) is 4.86. The number of hydrogen-bond acceptors (Lipinski definition) is 4. The van der Waals surface area contributed by atoms with Crippen LogP contribution in [0.3, 0.4) is 0 Å². The van der Waals surface area contributed by atoms with Crippen LogP contribution >= 0.6 is 11.8 Å². The molecule has 0 radical (unpaired) electrons. The van der Waals surface area contributed by atoms with Crippen molar-refractivity contribution in [3.63, 3.8) is 0 Å². The summed E-state index contributed by atoms with van der Waals surface area (Å²) < 4.78 is 27.6. The van der Waals surface area contributed by atoms with Gasteiger partial charge in [-0.15, -0.1) is 0 Å². The van der Waals surface area contributed by atoms with E-state index in [1.54, 1.807) is 19.1 Å². The largest absolute Gasteiger partial charge is 0.320 e. The van der Waals surface area contributed by atoms with Gasteiger partial charge in [-0.05, 0) is 43.2 Å². The third-order valence-electron chi connectivity index (χ3n) is 3.34. The van der Waals surface area contributed by atoms with Crippen LogP contribution in [0, 0.1) is 18.8 Å². The first kappa shape index (κ1) is 16.4. The maximum Gasteiger partial charge on any atom is 0.240 e. The zero-order chi connectivity index (χ0) is 15.3. The lowest BCUT2D eigenvalue weighted by Gasteiger charge is -2.12. The first-order valence-corrected chi connectivity index (χ1v) is 9.47. The summed E-state index contributed by atoms with van der Waals surface area (Å²) in [6.07, 6.45) is 2.24. The van der Waals surface area contributed by atoms with E-state index in [1.165, 1.54) is 6.42 Å². The first-order valence-electron chi connectivity index (χ1n) is 6.94. The van der Waals surface area contributed by atoms with Crippen molar-refractivity contribution in [1.82, 2.24) is 4.72 Å². The SMILES string of the molecule is Cc1ccc(C#CCN)cc1S(=O)(=O)NCC1CCCS1. The monoisotopic (exact) mass is 324 g/mol. The molecule has 1 fully saturated rings. The van der Waals surface area contributed by atoms with Crippen LogP contribution in [0.4, 0.5) is 0 Å². The van der Waals surface area contributed by atoms with E-state index in [1.807, 2.05) is 17.8 Å². The highest BCUT2D eigenvalue weighted by molar-refractivity contribution is 8.00. The van der Waals surface area contributed by atoms with Gasteiger partial charge in [0.25, 0.3) is 0 Å². The van der Waals surface area contributed by atoms with Gasteiger partial charge in [-0.25, -0.2) is 13.1 Å². The lowest BCUT2D eigenvalue weighted by molar-refractivity contribution is 0.578. The molecule has 0 aliphatic carbocycles. The molecule has 0 amide bonds. The van der Waals surface area contributed by atoms with E-state index >= 15 is 0 Å². The summed E-state index contributed by atoms with van der Waals surface area (Å²) in [6, 6.07) is 5.20. The van der Waals surface area contributed by atoms with Crippen LogP contribution in [-0.4, -0.2) is 32.5 Å². The van der Waals surface area contributed by atoms with Crippen LogP contribution in [0.15, 0.2) is 23.1 Å². The Morgan fingerprint density at radius 1 is 1.48 bits per heavy atom. The van der Waals surface area contributed by atoms with Gasteiger partial charge in [0.15, 0.2) is 0 Å². The van der Waals surface area contributed by atoms with E-state index in [0.29, 0.717) is 22.3 Å². The molecule has 3 N–H and O–H groups in total. The molecule has 1 aliphatic rings. The molecule has 0 aromatic heterocycles. The third kappa shape index (κ3) is 4.48. The molecule has 2 rings (SSSR count). The molecule has 0 spiro atoms. The zero-order valence-corrected chi connectivity index (χ0v) is 13.7. The summed E-state index contributed by atoms with van der Waals surface area (Å²) in [5.74, 6) is 6.73. The standard InChI is InChI=1S/C15H20N2O2S2/c1-12-6-7-13(4-2-8-16)10-15(12)21(18,19)17-11-14-5-3-9-20-14/h6-7,10,14,17H,3,5,8-9,11,16H2,1H3. The van der Waals surface area contributed by atoms with Crippen molar-refractivity contribution in [3.8, 4) is 11.8 Å². The van der Waals surface area contributed by atoms with Gasteiger partial charge in [0.1, 0.15) is 0 Å². The van der Waals surface area contributed by atoms with Gasteiger partial charge in [-0.1, -0.05) is 17.9 Å². The summed E-state index contributed by atoms with van der Waals surface area (Å²) in [5.41, 5.74) is 6.73. The van der Waals surface area contributed by atoms with E-state index in [9.17, 15) is 8.42 Å². The Kier molecular flexibility index (Phi) is 5.71. The molecule has 6 heteroatoms. The molecule has 114 valence electrons. The number of aryl methyl sites for hydroxylation is 1. The number of sulfonamides is 1. The maximum absolute atomic E-state index is 12.4. The molecule has 0 bridgehead atoms. The van der Waals surface area contributed by atoms with Gasteiger partial charge < -0.3 is 5.73 Å². The predicted molar refractivity (Wildman–Crippen MR) is 87.8 cm³/mol. The van der Waals surface area contributed by atoms with Crippen molar-refractivity contribution in [2.75, 3.05) is 18.8 Å². The Balaban J connectivity index is 2.17. The third-order valence-corrected chi connectivity index (χ3v) is 6.30. The minimum atomic E-state index is -3.49. The van der Waals surface area contributed by atoms with E-state index in [-0.39, 0.29) is 6.54 Å². The van der Waals surface area contributed by atoms with Crippen molar-refractivity contribution in [2.24, 2.45) is 5.73 Å². The first-order chi connectivity index (χ1) is 10.0. The Hall–Kier alpha value is -1.000. The number of nitrogens with one attached hydrogen (secondary N) is 1. The van der Waals surface area contributed by atoms with Gasteiger partial charge in [-0.2, -0.15) is 11.8 Å². The Morgan fingerprint density at radius 2 is 2.29 bits per heavy atom. The fraction of sp³-hybridized carbons (Fsp3) is 0.467. The molecule has 1 aliphatic heterocycles. The molecule has 1 aromatic carbocycles. The quantitative estimate of drug-likeness (QED) is 0.823. The Labute approximate surface area is 130 Å². The number of nitrogens with two attached hydrogens (primary N) is 1. The Morgan fingerprint density at radius 3 is 2.95 bits per heavy atom. The highest BCUT2D eigenvalue weighted by Gasteiger charge is 2.21. The summed E-state index contributed by atoms with van der Waals surface area (Å²) in [5, 5.41) is 0.389. The number of thioether (sulfide) groups is 1. The molecule has 1 aromatic rings. The minimum Gasteiger partial charge on any atom is -0.320 e. The van der Waals surface area contributed by atoms with Crippen LogP contribution in [0.5, 0.6) is 0 Å². The maximum atomic E-state index is 12.4. The molecule has 1 saturated heterocycles. The van der Waals surface area contributed by atoms with Crippen LogP contribution < -0.4 is 10.5 Å². The highest BCUT2D eigenvalue weighted by atomic mass is 32.2. The van der Waals surface area contributed by atoms with Crippen molar-refractivity contribution in [3.05, 3.63) is 29.3 Å². The summed E-state index contributed by atoms with van der Waals surface area (Å²) >= 11 is 1.83. The summed E-state index contributed by atoms with van der Waals surface area (Å²) in [6.45, 7) is 2.54. The second-order valence-corrected chi connectivity index (χ2v) is 8.12. The van der Waals surface area contributed by atoms with E-state index in [2.05, 4.69) is 16.6 Å². The minimum absolute atomic E-state index is 0.257. The molecule has 1 atom stereocenters. The van der Waals surface area contributed by atoms with E-state index in [4.69, 9.17) is 5.73 Å². The molecule has 1 heterocycles. The van der Waals surface area contributed by atoms with Gasteiger partial charge in [0, 0.05) is 17.4 Å². The second kappa shape index (κ2) is 7.32. The van der Waals surface area contributed by atoms with Crippen molar-refractivity contribution in [2.45, 2.75) is 29.9 Å². The van der Waals surface area contributed by atoms with E-state index < -0.39 is 10.0 Å². The molecule has 4 nitrogen and oxygen atoms in total. The van der Waals surface area contributed by atoms with Gasteiger partial charge >= 0.3 is 0 Å². The molecular formula is C15H20N2O2S2. The van der Waals surface area contributed by atoms with Gasteiger partial charge in [0.05, 0.1) is 11.4 Å². The highest BCUT2D eigenvalue weighted by Crippen LogP contribution is 2.26. The van der Waals surface area contributed by atoms with Crippen LogP contribution in [0.25, 0.3) is 0 Å². The normalized spacial score (nSPS) is 18.3. The smallest absolute Gasteiger partial charge is 0.240 e. The molecule has 21 heavy (non-hydrogen) atoms. The predicted octanol–water partition coefficient (Wildman–Crippen LogP) is 1.48. The fourth-order valence-electron chi connectivity index (χ4n) is 2.21. The molecule has 1 unspecified atom stereocenters. The van der Waals surface area contributed by atoms with Gasteiger partial charge in [-0.3, -0.25) is 0 Å². The van der Waals surface area contributed by atoms with Crippen molar-refractivity contribution < 1.29 is 8.42 Å². The topological polar surface area (TPSA) is 72.2 Å². The van der Waals surface area contributed by atoms with Crippen molar-refractivity contribution in [1.29, 1.82) is 0 Å². The average molecular weight is 324 g/mol. The lowest BCUT2D eigenvalue weighted by atomic mass is 10.1. The Bertz CT molecular complexity index is 654. The number of hydrogen-bond donors (Lipinski definition) is 2. The van der Waals surface area contributed by atoms with Crippen LogP contribution in [0.2, 0.25) is 0 Å². The van der Waals surface area contributed by atoms with Crippen LogP contribution in [0.1, 0.15) is 24.0 Å². The molecular weight excluding hydrogens is 304 g/mol.